The lowest BCUT2D eigenvalue weighted by Gasteiger charge is -2.06. The number of thiophene rings is 1. The molecule has 0 aromatic carbocycles. The normalized spacial score (nSPS) is 10.8. The molecule has 1 amide bonds. The van der Waals surface area contributed by atoms with E-state index in [1.165, 1.54) is 21.9 Å². The van der Waals surface area contributed by atoms with Gasteiger partial charge in [-0.3, -0.25) is 14.0 Å². The van der Waals surface area contributed by atoms with Gasteiger partial charge in [0, 0.05) is 17.3 Å². The first-order valence-electron chi connectivity index (χ1n) is 6.55. The molecule has 7 heteroatoms. The number of rotatable bonds is 3. The molecular formula is C15H12ClN3O2S. The Kier molecular flexibility index (Phi) is 3.96. The van der Waals surface area contributed by atoms with Crippen molar-refractivity contribution in [2.75, 3.05) is 0 Å². The average molecular weight is 334 g/mol. The monoisotopic (exact) mass is 333 g/mol. The summed E-state index contributed by atoms with van der Waals surface area (Å²) in [4.78, 5) is 29.7. The zero-order chi connectivity index (χ0) is 15.7. The van der Waals surface area contributed by atoms with Gasteiger partial charge in [0.1, 0.15) is 11.2 Å². The van der Waals surface area contributed by atoms with Gasteiger partial charge < -0.3 is 5.32 Å². The maximum atomic E-state index is 12.4. The fraction of sp³-hybridized carbons (Fsp3) is 0.133. The van der Waals surface area contributed by atoms with Crippen molar-refractivity contribution >= 4 is 34.5 Å². The van der Waals surface area contributed by atoms with E-state index < -0.39 is 5.91 Å². The third kappa shape index (κ3) is 2.75. The molecule has 0 atom stereocenters. The highest BCUT2D eigenvalue weighted by Gasteiger charge is 2.13. The topological polar surface area (TPSA) is 63.5 Å². The minimum absolute atomic E-state index is 0.0192. The summed E-state index contributed by atoms with van der Waals surface area (Å²) < 4.78 is 2.04. The maximum absolute atomic E-state index is 12.4. The Morgan fingerprint density at radius 3 is 2.95 bits per heavy atom. The highest BCUT2D eigenvalue weighted by molar-refractivity contribution is 7.16. The van der Waals surface area contributed by atoms with Crippen LogP contribution >= 0.6 is 22.9 Å². The Morgan fingerprint density at radius 2 is 2.23 bits per heavy atom. The molecule has 0 saturated heterocycles. The summed E-state index contributed by atoms with van der Waals surface area (Å²) in [6.45, 7) is 2.19. The molecule has 112 valence electrons. The number of carbonyl (C=O) groups is 1. The molecule has 3 rings (SSSR count). The number of aromatic nitrogens is 2. The van der Waals surface area contributed by atoms with Crippen molar-refractivity contribution in [2.45, 2.75) is 13.5 Å². The third-order valence-electron chi connectivity index (χ3n) is 3.22. The number of pyridine rings is 1. The average Bonchev–Trinajstić information content (AvgIpc) is 2.92. The molecule has 0 unspecified atom stereocenters. The summed E-state index contributed by atoms with van der Waals surface area (Å²) >= 11 is 7.23. The molecule has 0 aliphatic rings. The molecule has 22 heavy (non-hydrogen) atoms. The molecule has 3 aromatic heterocycles. The molecule has 0 fully saturated rings. The van der Waals surface area contributed by atoms with Crippen molar-refractivity contribution in [3.8, 4) is 0 Å². The second-order valence-electron chi connectivity index (χ2n) is 4.75. The fourth-order valence-corrected chi connectivity index (χ4v) is 3.14. The lowest BCUT2D eigenvalue weighted by atomic mass is 10.2. The number of halogens is 1. The van der Waals surface area contributed by atoms with E-state index in [1.807, 2.05) is 19.1 Å². The molecule has 0 saturated carbocycles. The first-order valence-corrected chi connectivity index (χ1v) is 7.75. The fourth-order valence-electron chi connectivity index (χ4n) is 2.11. The summed E-state index contributed by atoms with van der Waals surface area (Å²) in [5.74, 6) is -0.446. The molecule has 3 aromatic rings. The van der Waals surface area contributed by atoms with Crippen LogP contribution in [0, 0.1) is 6.92 Å². The van der Waals surface area contributed by atoms with Crippen LogP contribution in [0.5, 0.6) is 0 Å². The minimum atomic E-state index is -0.446. The molecule has 0 spiro atoms. The predicted molar refractivity (Wildman–Crippen MR) is 86.7 cm³/mol. The van der Waals surface area contributed by atoms with Crippen molar-refractivity contribution in [3.63, 3.8) is 0 Å². The number of nitrogens with zero attached hydrogens (tertiary/aromatic N) is 2. The quantitative estimate of drug-likeness (QED) is 0.801. The number of hydrogen-bond donors (Lipinski definition) is 1. The van der Waals surface area contributed by atoms with Gasteiger partial charge in [-0.15, -0.1) is 11.3 Å². The third-order valence-corrected chi connectivity index (χ3v) is 4.46. The highest BCUT2D eigenvalue weighted by atomic mass is 35.5. The summed E-state index contributed by atoms with van der Waals surface area (Å²) in [5.41, 5.74) is 1.06. The number of carbonyl (C=O) groups excluding carboxylic acids is 1. The summed E-state index contributed by atoms with van der Waals surface area (Å²) in [5, 5.41) is 2.71. The van der Waals surface area contributed by atoms with Crippen LogP contribution in [0.4, 0.5) is 0 Å². The Labute approximate surface area is 135 Å². The summed E-state index contributed by atoms with van der Waals surface area (Å²) in [7, 11) is 0. The lowest BCUT2D eigenvalue weighted by molar-refractivity contribution is 0.0949. The number of fused-ring (bicyclic) bond motifs is 1. The van der Waals surface area contributed by atoms with Crippen LogP contribution in [0.25, 0.3) is 5.65 Å². The van der Waals surface area contributed by atoms with Gasteiger partial charge in [0.2, 0.25) is 0 Å². The number of aryl methyl sites for hydroxylation is 1. The van der Waals surface area contributed by atoms with Crippen LogP contribution in [0.1, 0.15) is 20.8 Å². The van der Waals surface area contributed by atoms with Crippen molar-refractivity contribution in [1.29, 1.82) is 0 Å². The van der Waals surface area contributed by atoms with Crippen LogP contribution in [-0.4, -0.2) is 15.3 Å². The number of hydrogen-bond acceptors (Lipinski definition) is 4. The molecule has 0 radical (unpaired) electrons. The van der Waals surface area contributed by atoms with E-state index in [0.29, 0.717) is 16.5 Å². The summed E-state index contributed by atoms with van der Waals surface area (Å²) in [6.07, 6.45) is 2.93. The lowest BCUT2D eigenvalue weighted by Crippen LogP contribution is -2.31. The second-order valence-corrected chi connectivity index (χ2v) is 6.55. The molecule has 1 N–H and O–H groups in total. The minimum Gasteiger partial charge on any atom is -0.347 e. The number of amides is 1. The Hall–Kier alpha value is -2.18. The molecule has 5 nitrogen and oxygen atoms in total. The van der Waals surface area contributed by atoms with Gasteiger partial charge in [-0.2, -0.15) is 0 Å². The zero-order valence-electron chi connectivity index (χ0n) is 11.7. The van der Waals surface area contributed by atoms with Gasteiger partial charge >= 0.3 is 0 Å². The largest absolute Gasteiger partial charge is 0.347 e. The van der Waals surface area contributed by atoms with Crippen molar-refractivity contribution in [2.24, 2.45) is 0 Å². The van der Waals surface area contributed by atoms with Crippen LogP contribution in [0.2, 0.25) is 4.34 Å². The van der Waals surface area contributed by atoms with E-state index in [9.17, 15) is 9.59 Å². The molecular weight excluding hydrogens is 322 g/mol. The van der Waals surface area contributed by atoms with Gasteiger partial charge in [-0.05, 0) is 30.7 Å². The first-order chi connectivity index (χ1) is 10.6. The number of nitrogens with one attached hydrogen (secondary N) is 1. The zero-order valence-corrected chi connectivity index (χ0v) is 13.2. The SMILES string of the molecule is Cc1cccn2c(=O)c(C(=O)NCc3ccc(Cl)s3)cnc12. The second kappa shape index (κ2) is 5.90. The van der Waals surface area contributed by atoms with Crippen LogP contribution in [0.3, 0.4) is 0 Å². The van der Waals surface area contributed by atoms with Gasteiger partial charge in [0.15, 0.2) is 0 Å². The van der Waals surface area contributed by atoms with E-state index in [1.54, 1.807) is 18.3 Å². The van der Waals surface area contributed by atoms with Crippen molar-refractivity contribution in [3.05, 3.63) is 67.4 Å². The Bertz CT molecular complexity index is 917. The van der Waals surface area contributed by atoms with Gasteiger partial charge in [-0.1, -0.05) is 17.7 Å². The van der Waals surface area contributed by atoms with E-state index >= 15 is 0 Å². The van der Waals surface area contributed by atoms with Gasteiger partial charge in [0.25, 0.3) is 11.5 Å². The Morgan fingerprint density at radius 1 is 1.41 bits per heavy atom. The van der Waals surface area contributed by atoms with Crippen molar-refractivity contribution in [1.82, 2.24) is 14.7 Å². The Balaban J connectivity index is 1.88. The highest BCUT2D eigenvalue weighted by Crippen LogP contribution is 2.21. The predicted octanol–water partition coefficient (Wildman–Crippen LogP) is 2.65. The summed E-state index contributed by atoms with van der Waals surface area (Å²) in [6, 6.07) is 7.22. The van der Waals surface area contributed by atoms with E-state index in [0.717, 1.165) is 10.4 Å². The molecule has 0 aliphatic heterocycles. The molecule has 0 bridgehead atoms. The first kappa shape index (κ1) is 14.7. The van der Waals surface area contributed by atoms with E-state index in [2.05, 4.69) is 10.3 Å². The standard InChI is InChI=1S/C15H12ClN3O2S/c1-9-3-2-6-19-13(9)17-8-11(15(19)21)14(20)18-7-10-4-5-12(16)22-10/h2-6,8H,7H2,1H3,(H,18,20). The van der Waals surface area contributed by atoms with Crippen LogP contribution in [-0.2, 0) is 6.54 Å². The van der Waals surface area contributed by atoms with Crippen molar-refractivity contribution < 1.29 is 4.79 Å². The maximum Gasteiger partial charge on any atom is 0.270 e. The van der Waals surface area contributed by atoms with Crippen LogP contribution < -0.4 is 10.9 Å². The molecule has 0 aliphatic carbocycles. The van der Waals surface area contributed by atoms with Gasteiger partial charge in [0.05, 0.1) is 10.9 Å². The van der Waals surface area contributed by atoms with Crippen LogP contribution in [0.15, 0.2) is 41.5 Å². The molecule has 3 heterocycles. The smallest absolute Gasteiger partial charge is 0.270 e. The van der Waals surface area contributed by atoms with E-state index in [4.69, 9.17) is 11.6 Å². The van der Waals surface area contributed by atoms with Gasteiger partial charge in [-0.25, -0.2) is 4.98 Å². The van der Waals surface area contributed by atoms with E-state index in [-0.39, 0.29) is 11.1 Å².